The summed E-state index contributed by atoms with van der Waals surface area (Å²) in [6.45, 7) is 2.89. The Morgan fingerprint density at radius 2 is 2.31 bits per heavy atom. The Kier molecular flexibility index (Phi) is 7.04. The molecule has 2 N–H and O–H groups in total. The lowest BCUT2D eigenvalue weighted by Gasteiger charge is -2.08. The van der Waals surface area contributed by atoms with E-state index in [1.54, 1.807) is 0 Å². The molecule has 0 aliphatic carbocycles. The molecule has 13 heavy (non-hydrogen) atoms. The summed E-state index contributed by atoms with van der Waals surface area (Å²) in [7, 11) is 0. The molecule has 4 heteroatoms. The van der Waals surface area contributed by atoms with Crippen molar-refractivity contribution in [1.82, 2.24) is 4.98 Å². The summed E-state index contributed by atoms with van der Waals surface area (Å²) in [5, 5.41) is 0.453. The quantitative estimate of drug-likeness (QED) is 0.843. The third-order valence-corrected chi connectivity index (χ3v) is 2.80. The van der Waals surface area contributed by atoms with Crippen molar-refractivity contribution in [3.8, 4) is 0 Å². The second-order valence-corrected chi connectivity index (χ2v) is 4.00. The van der Waals surface area contributed by atoms with E-state index in [-0.39, 0.29) is 12.4 Å². The maximum absolute atomic E-state index is 5.41. The van der Waals surface area contributed by atoms with Gasteiger partial charge in [-0.05, 0) is 19.1 Å². The number of aromatic nitrogens is 1. The van der Waals surface area contributed by atoms with E-state index in [4.69, 9.17) is 5.73 Å². The van der Waals surface area contributed by atoms with Gasteiger partial charge in [-0.25, -0.2) is 0 Å². The van der Waals surface area contributed by atoms with Gasteiger partial charge >= 0.3 is 0 Å². The number of thioether (sulfide) groups is 1. The maximum atomic E-state index is 5.41. The molecule has 0 saturated heterocycles. The molecule has 0 bridgehead atoms. The fourth-order valence-electron chi connectivity index (χ4n) is 0.947. The summed E-state index contributed by atoms with van der Waals surface area (Å²) in [5.74, 6) is 0.998. The number of rotatable bonds is 4. The maximum Gasteiger partial charge on any atom is 0.0530 e. The molecule has 0 radical (unpaired) electrons. The van der Waals surface area contributed by atoms with Gasteiger partial charge < -0.3 is 5.73 Å². The molecule has 0 aromatic carbocycles. The summed E-state index contributed by atoms with van der Waals surface area (Å²) in [4.78, 5) is 4.27. The molecule has 0 aliphatic heterocycles. The molecule has 1 aromatic heterocycles. The van der Waals surface area contributed by atoms with Gasteiger partial charge in [0.2, 0.25) is 0 Å². The Hall–Kier alpha value is -0.250. The van der Waals surface area contributed by atoms with Gasteiger partial charge in [-0.2, -0.15) is 11.8 Å². The number of hydrogen-bond acceptors (Lipinski definition) is 3. The SMILES string of the molecule is CC(SCCN)c1ccccn1.Cl. The van der Waals surface area contributed by atoms with Crippen LogP contribution in [0, 0.1) is 0 Å². The van der Waals surface area contributed by atoms with Crippen LogP contribution in [0.5, 0.6) is 0 Å². The third kappa shape index (κ3) is 4.50. The standard InChI is InChI=1S/C9H14N2S.ClH/c1-8(12-7-5-10)9-4-2-3-6-11-9;/h2-4,6,8H,5,7,10H2,1H3;1H. The van der Waals surface area contributed by atoms with Crippen LogP contribution in [-0.2, 0) is 0 Å². The van der Waals surface area contributed by atoms with Crippen molar-refractivity contribution in [2.45, 2.75) is 12.2 Å². The summed E-state index contributed by atoms with van der Waals surface area (Å²) in [6, 6.07) is 6.00. The van der Waals surface area contributed by atoms with E-state index in [0.29, 0.717) is 5.25 Å². The van der Waals surface area contributed by atoms with Crippen LogP contribution in [0.15, 0.2) is 24.4 Å². The lowest BCUT2D eigenvalue weighted by Crippen LogP contribution is -2.03. The summed E-state index contributed by atoms with van der Waals surface area (Å²) < 4.78 is 0. The number of pyridine rings is 1. The molecule has 0 saturated carbocycles. The van der Waals surface area contributed by atoms with E-state index in [2.05, 4.69) is 11.9 Å². The smallest absolute Gasteiger partial charge is 0.0530 e. The predicted octanol–water partition coefficient (Wildman–Crippen LogP) is 2.26. The molecule has 1 atom stereocenters. The van der Waals surface area contributed by atoms with Crippen LogP contribution in [0.1, 0.15) is 17.9 Å². The fourth-order valence-corrected chi connectivity index (χ4v) is 1.75. The van der Waals surface area contributed by atoms with E-state index < -0.39 is 0 Å². The van der Waals surface area contributed by atoms with E-state index >= 15 is 0 Å². The molecule has 2 nitrogen and oxygen atoms in total. The molecular weight excluding hydrogens is 204 g/mol. The van der Waals surface area contributed by atoms with Crippen LogP contribution in [-0.4, -0.2) is 17.3 Å². The Balaban J connectivity index is 0.00000144. The van der Waals surface area contributed by atoms with Crippen molar-refractivity contribution in [1.29, 1.82) is 0 Å². The van der Waals surface area contributed by atoms with Crippen LogP contribution in [0.2, 0.25) is 0 Å². The zero-order valence-corrected chi connectivity index (χ0v) is 9.28. The molecule has 0 aliphatic rings. The second-order valence-electron chi connectivity index (χ2n) is 2.56. The van der Waals surface area contributed by atoms with Crippen molar-refractivity contribution in [2.24, 2.45) is 5.73 Å². The zero-order valence-electron chi connectivity index (χ0n) is 7.64. The minimum Gasteiger partial charge on any atom is -0.330 e. The summed E-state index contributed by atoms with van der Waals surface area (Å²) in [5.41, 5.74) is 6.55. The normalized spacial score (nSPS) is 11.8. The lowest BCUT2D eigenvalue weighted by molar-refractivity contribution is 1.00. The first-order valence-electron chi connectivity index (χ1n) is 4.07. The molecular formula is C9H15ClN2S. The van der Waals surface area contributed by atoms with Crippen LogP contribution in [0.3, 0.4) is 0 Å². The second kappa shape index (κ2) is 7.18. The zero-order chi connectivity index (χ0) is 8.81. The Morgan fingerprint density at radius 1 is 1.54 bits per heavy atom. The van der Waals surface area contributed by atoms with Crippen molar-refractivity contribution in [2.75, 3.05) is 12.3 Å². The first-order chi connectivity index (χ1) is 5.84. The third-order valence-electron chi connectivity index (χ3n) is 1.59. The van der Waals surface area contributed by atoms with Crippen molar-refractivity contribution < 1.29 is 0 Å². The van der Waals surface area contributed by atoms with Crippen LogP contribution in [0.25, 0.3) is 0 Å². The number of nitrogens with zero attached hydrogens (tertiary/aromatic N) is 1. The van der Waals surface area contributed by atoms with Gasteiger partial charge in [-0.1, -0.05) is 6.07 Å². The Morgan fingerprint density at radius 3 is 2.85 bits per heavy atom. The van der Waals surface area contributed by atoms with Gasteiger partial charge in [0.15, 0.2) is 0 Å². The van der Waals surface area contributed by atoms with E-state index in [1.807, 2.05) is 36.2 Å². The summed E-state index contributed by atoms with van der Waals surface area (Å²) >= 11 is 1.84. The first-order valence-corrected chi connectivity index (χ1v) is 5.12. The lowest BCUT2D eigenvalue weighted by atomic mass is 10.3. The van der Waals surface area contributed by atoms with Crippen molar-refractivity contribution >= 4 is 24.2 Å². The largest absolute Gasteiger partial charge is 0.330 e. The number of hydrogen-bond donors (Lipinski definition) is 1. The molecule has 1 rings (SSSR count). The molecule has 74 valence electrons. The Labute approximate surface area is 89.7 Å². The highest BCUT2D eigenvalue weighted by atomic mass is 35.5. The minimum absolute atomic E-state index is 0. The van der Waals surface area contributed by atoms with Gasteiger partial charge in [0.05, 0.1) is 5.69 Å². The average molecular weight is 219 g/mol. The summed E-state index contributed by atoms with van der Waals surface area (Å²) in [6.07, 6.45) is 1.83. The van der Waals surface area contributed by atoms with Gasteiger partial charge in [0.1, 0.15) is 0 Å². The minimum atomic E-state index is 0. The molecule has 1 unspecified atom stereocenters. The Bertz CT molecular complexity index is 218. The van der Waals surface area contributed by atoms with Crippen molar-refractivity contribution in [3.63, 3.8) is 0 Å². The van der Waals surface area contributed by atoms with Crippen LogP contribution < -0.4 is 5.73 Å². The monoisotopic (exact) mass is 218 g/mol. The fraction of sp³-hybridized carbons (Fsp3) is 0.444. The van der Waals surface area contributed by atoms with Gasteiger partial charge in [0.25, 0.3) is 0 Å². The first kappa shape index (κ1) is 12.8. The van der Waals surface area contributed by atoms with Gasteiger partial charge in [0, 0.05) is 23.7 Å². The molecule has 0 fully saturated rings. The number of nitrogens with two attached hydrogens (primary N) is 1. The molecule has 0 spiro atoms. The van der Waals surface area contributed by atoms with Gasteiger partial charge in [-0.3, -0.25) is 4.98 Å². The molecule has 1 aromatic rings. The van der Waals surface area contributed by atoms with E-state index in [9.17, 15) is 0 Å². The number of halogens is 1. The van der Waals surface area contributed by atoms with E-state index in [0.717, 1.165) is 18.0 Å². The molecule has 0 amide bonds. The molecule has 1 heterocycles. The average Bonchev–Trinajstić information content (AvgIpc) is 2.15. The predicted molar refractivity (Wildman–Crippen MR) is 61.4 cm³/mol. The van der Waals surface area contributed by atoms with E-state index in [1.165, 1.54) is 0 Å². The highest BCUT2D eigenvalue weighted by Gasteiger charge is 2.04. The van der Waals surface area contributed by atoms with Crippen LogP contribution in [0.4, 0.5) is 0 Å². The van der Waals surface area contributed by atoms with Gasteiger partial charge in [-0.15, -0.1) is 12.4 Å². The topological polar surface area (TPSA) is 38.9 Å². The highest BCUT2D eigenvalue weighted by Crippen LogP contribution is 2.25. The van der Waals surface area contributed by atoms with Crippen molar-refractivity contribution in [3.05, 3.63) is 30.1 Å². The highest BCUT2D eigenvalue weighted by molar-refractivity contribution is 7.99. The van der Waals surface area contributed by atoms with Crippen LogP contribution >= 0.6 is 24.2 Å².